The molecule has 0 saturated carbocycles. The average molecular weight is 302 g/mol. The Morgan fingerprint density at radius 3 is 2.23 bits per heavy atom. The minimum atomic E-state index is -0.840. The van der Waals surface area contributed by atoms with Crippen molar-refractivity contribution in [1.29, 1.82) is 0 Å². The van der Waals surface area contributed by atoms with E-state index in [0.29, 0.717) is 11.1 Å². The van der Waals surface area contributed by atoms with E-state index in [1.54, 1.807) is 36.4 Å². The van der Waals surface area contributed by atoms with E-state index < -0.39 is 12.1 Å². The summed E-state index contributed by atoms with van der Waals surface area (Å²) in [6, 6.07) is 10.4. The molecular formula is C17H18O5. The Labute approximate surface area is 128 Å². The van der Waals surface area contributed by atoms with E-state index in [2.05, 4.69) is 0 Å². The van der Waals surface area contributed by atoms with Crippen LogP contribution in [0.15, 0.2) is 36.4 Å². The molecule has 2 rings (SSSR count). The molecule has 5 heteroatoms. The molecule has 0 aromatic heterocycles. The number of aliphatic hydroxyl groups is 1. The fourth-order valence-electron chi connectivity index (χ4n) is 2.09. The molecule has 5 nitrogen and oxygen atoms in total. The van der Waals surface area contributed by atoms with Crippen molar-refractivity contribution in [1.82, 2.24) is 0 Å². The maximum Gasteiger partial charge on any atom is 0.338 e. The highest BCUT2D eigenvalue weighted by atomic mass is 16.5. The van der Waals surface area contributed by atoms with E-state index in [-0.39, 0.29) is 19.0 Å². The van der Waals surface area contributed by atoms with Gasteiger partial charge in [0.05, 0.1) is 12.2 Å². The number of esters is 1. The molecule has 0 amide bonds. The Kier molecular flexibility index (Phi) is 5.25. The van der Waals surface area contributed by atoms with E-state index in [1.165, 1.54) is 14.0 Å². The number of ether oxygens (including phenoxy) is 2. The van der Waals surface area contributed by atoms with Gasteiger partial charge in [0.25, 0.3) is 0 Å². The van der Waals surface area contributed by atoms with Crippen LogP contribution in [0.5, 0.6) is 0 Å². The lowest BCUT2D eigenvalue weighted by atomic mass is 10.0. The van der Waals surface area contributed by atoms with Crippen molar-refractivity contribution in [3.8, 4) is 0 Å². The molecule has 0 bridgehead atoms. The van der Waals surface area contributed by atoms with Gasteiger partial charge in [-0.25, -0.2) is 4.79 Å². The van der Waals surface area contributed by atoms with Crippen molar-refractivity contribution in [2.75, 3.05) is 20.3 Å². The number of fused-ring (bicyclic) bond motifs is 1. The highest BCUT2D eigenvalue weighted by Gasteiger charge is 2.12. The Morgan fingerprint density at radius 1 is 1.05 bits per heavy atom. The van der Waals surface area contributed by atoms with Crippen LogP contribution in [-0.4, -0.2) is 43.3 Å². The third-order valence-electron chi connectivity index (χ3n) is 3.25. The molecular weight excluding hydrogens is 284 g/mol. The SMILES string of the molecule is COCC(O)COC(=O)c1ccc2cc(C(C)=O)ccc2c1. The quantitative estimate of drug-likeness (QED) is 0.654. The van der Waals surface area contributed by atoms with Gasteiger partial charge in [-0.3, -0.25) is 4.79 Å². The number of aliphatic hydroxyl groups excluding tert-OH is 1. The molecule has 0 aliphatic rings. The summed E-state index contributed by atoms with van der Waals surface area (Å²) in [6.45, 7) is 1.50. The average Bonchev–Trinajstić information content (AvgIpc) is 2.51. The van der Waals surface area contributed by atoms with Gasteiger partial charge in [0.2, 0.25) is 0 Å². The van der Waals surface area contributed by atoms with E-state index in [0.717, 1.165) is 10.8 Å². The lowest BCUT2D eigenvalue weighted by Crippen LogP contribution is -2.23. The molecule has 0 heterocycles. The summed E-state index contributed by atoms with van der Waals surface area (Å²) in [5, 5.41) is 11.2. The zero-order valence-electron chi connectivity index (χ0n) is 12.5. The predicted octanol–water partition coefficient (Wildman–Crippen LogP) is 2.21. The molecule has 0 aliphatic carbocycles. The summed E-state index contributed by atoms with van der Waals surface area (Å²) in [5.74, 6) is -0.509. The molecule has 116 valence electrons. The van der Waals surface area contributed by atoms with Gasteiger partial charge in [0.1, 0.15) is 12.7 Å². The third kappa shape index (κ3) is 3.90. The van der Waals surface area contributed by atoms with Crippen LogP contribution in [-0.2, 0) is 9.47 Å². The zero-order chi connectivity index (χ0) is 16.1. The van der Waals surface area contributed by atoms with Crippen molar-refractivity contribution in [2.24, 2.45) is 0 Å². The zero-order valence-corrected chi connectivity index (χ0v) is 12.5. The second-order valence-corrected chi connectivity index (χ2v) is 5.04. The number of hydrogen-bond donors (Lipinski definition) is 1. The molecule has 22 heavy (non-hydrogen) atoms. The lowest BCUT2D eigenvalue weighted by Gasteiger charge is -2.10. The van der Waals surface area contributed by atoms with Crippen LogP contribution in [0.4, 0.5) is 0 Å². The standard InChI is InChI=1S/C17H18O5/c1-11(18)12-3-4-14-8-15(6-5-13(14)7-12)17(20)22-10-16(19)9-21-2/h3-8,16,19H,9-10H2,1-2H3. The van der Waals surface area contributed by atoms with E-state index in [4.69, 9.17) is 9.47 Å². The number of Topliss-reactive ketones (excluding diaryl/α,β-unsaturated/α-hetero) is 1. The number of ketones is 1. The van der Waals surface area contributed by atoms with Gasteiger partial charge in [-0.1, -0.05) is 18.2 Å². The van der Waals surface area contributed by atoms with E-state index >= 15 is 0 Å². The van der Waals surface area contributed by atoms with Crippen molar-refractivity contribution in [3.63, 3.8) is 0 Å². The summed E-state index contributed by atoms with van der Waals surface area (Å²) in [4.78, 5) is 23.3. The van der Waals surface area contributed by atoms with Crippen LogP contribution in [0.2, 0.25) is 0 Å². The predicted molar refractivity (Wildman–Crippen MR) is 82.1 cm³/mol. The van der Waals surface area contributed by atoms with Crippen molar-refractivity contribution in [3.05, 3.63) is 47.5 Å². The summed E-state index contributed by atoms with van der Waals surface area (Å²) in [5.41, 5.74) is 1.03. The molecule has 0 aliphatic heterocycles. The van der Waals surface area contributed by atoms with E-state index in [9.17, 15) is 14.7 Å². The third-order valence-corrected chi connectivity index (χ3v) is 3.25. The first kappa shape index (κ1) is 16.1. The van der Waals surface area contributed by atoms with Gasteiger partial charge in [-0.15, -0.1) is 0 Å². The van der Waals surface area contributed by atoms with Crippen molar-refractivity contribution < 1.29 is 24.2 Å². The largest absolute Gasteiger partial charge is 0.459 e. The van der Waals surface area contributed by atoms with Crippen molar-refractivity contribution >= 4 is 22.5 Å². The number of rotatable bonds is 6. The molecule has 1 unspecified atom stereocenters. The van der Waals surface area contributed by atoms with Crippen LogP contribution < -0.4 is 0 Å². The highest BCUT2D eigenvalue weighted by Crippen LogP contribution is 2.19. The molecule has 0 saturated heterocycles. The molecule has 0 spiro atoms. The van der Waals surface area contributed by atoms with Crippen LogP contribution >= 0.6 is 0 Å². The van der Waals surface area contributed by atoms with Gasteiger partial charge in [-0.2, -0.15) is 0 Å². The Bertz CT molecular complexity index is 693. The lowest BCUT2D eigenvalue weighted by molar-refractivity contribution is 0.000150. The molecule has 1 atom stereocenters. The first-order valence-corrected chi connectivity index (χ1v) is 6.90. The molecule has 0 radical (unpaired) electrons. The molecule has 2 aromatic carbocycles. The Hall–Kier alpha value is -2.24. The fourth-order valence-corrected chi connectivity index (χ4v) is 2.09. The number of carbonyl (C=O) groups excluding carboxylic acids is 2. The summed E-state index contributed by atoms with van der Waals surface area (Å²) < 4.78 is 9.79. The second-order valence-electron chi connectivity index (χ2n) is 5.04. The number of hydrogen-bond acceptors (Lipinski definition) is 5. The first-order valence-electron chi connectivity index (χ1n) is 6.90. The molecule has 2 aromatic rings. The number of carbonyl (C=O) groups is 2. The summed E-state index contributed by atoms with van der Waals surface area (Å²) in [7, 11) is 1.46. The normalized spacial score (nSPS) is 12.1. The van der Waals surface area contributed by atoms with Crippen LogP contribution in [0.3, 0.4) is 0 Å². The fraction of sp³-hybridized carbons (Fsp3) is 0.294. The second kappa shape index (κ2) is 7.15. The highest BCUT2D eigenvalue weighted by molar-refractivity contribution is 6.00. The van der Waals surface area contributed by atoms with Crippen LogP contribution in [0.1, 0.15) is 27.6 Å². The van der Waals surface area contributed by atoms with Gasteiger partial charge in [-0.05, 0) is 35.9 Å². The first-order chi connectivity index (χ1) is 10.5. The maximum absolute atomic E-state index is 11.9. The minimum absolute atomic E-state index is 0.00230. The number of benzene rings is 2. The van der Waals surface area contributed by atoms with E-state index in [1.807, 2.05) is 0 Å². The monoisotopic (exact) mass is 302 g/mol. The number of methoxy groups -OCH3 is 1. The minimum Gasteiger partial charge on any atom is -0.459 e. The van der Waals surface area contributed by atoms with Crippen molar-refractivity contribution in [2.45, 2.75) is 13.0 Å². The molecule has 1 N–H and O–H groups in total. The Morgan fingerprint density at radius 2 is 1.64 bits per heavy atom. The summed E-state index contributed by atoms with van der Waals surface area (Å²) >= 11 is 0. The summed E-state index contributed by atoms with van der Waals surface area (Å²) in [6.07, 6.45) is -0.840. The maximum atomic E-state index is 11.9. The van der Waals surface area contributed by atoms with Crippen LogP contribution in [0, 0.1) is 0 Å². The van der Waals surface area contributed by atoms with Gasteiger partial charge < -0.3 is 14.6 Å². The smallest absolute Gasteiger partial charge is 0.338 e. The van der Waals surface area contributed by atoms with Crippen LogP contribution in [0.25, 0.3) is 10.8 Å². The topological polar surface area (TPSA) is 72.8 Å². The van der Waals surface area contributed by atoms with Gasteiger partial charge in [0.15, 0.2) is 5.78 Å². The van der Waals surface area contributed by atoms with Gasteiger partial charge >= 0.3 is 5.97 Å². The Balaban J connectivity index is 2.13. The van der Waals surface area contributed by atoms with Gasteiger partial charge in [0, 0.05) is 12.7 Å². The molecule has 0 fully saturated rings.